The van der Waals surface area contributed by atoms with Gasteiger partial charge in [-0.05, 0) is 32.4 Å². The first kappa shape index (κ1) is 17.0. The van der Waals surface area contributed by atoms with Gasteiger partial charge in [0.15, 0.2) is 6.04 Å². The first-order chi connectivity index (χ1) is 9.90. The molecule has 1 aromatic carbocycles. The number of amides is 1. The van der Waals surface area contributed by atoms with Crippen LogP contribution in [0.4, 0.5) is 0 Å². The summed E-state index contributed by atoms with van der Waals surface area (Å²) in [7, 11) is 0. The summed E-state index contributed by atoms with van der Waals surface area (Å²) in [6.45, 7) is 3.66. The molecule has 3 N–H and O–H groups in total. The maximum Gasteiger partial charge on any atom is 0.328 e. The molecule has 0 aliphatic carbocycles. The van der Waals surface area contributed by atoms with Crippen molar-refractivity contribution < 1.29 is 24.5 Å². The summed E-state index contributed by atoms with van der Waals surface area (Å²) in [5.41, 5.74) is 1.14. The fraction of sp³-hybridized carbons (Fsp3) is 0.467. The van der Waals surface area contributed by atoms with Crippen molar-refractivity contribution in [1.82, 2.24) is 5.32 Å². The first-order valence-corrected chi connectivity index (χ1v) is 6.80. The molecule has 1 rings (SSSR count). The molecule has 0 heterocycles. The Labute approximate surface area is 123 Å². The largest absolute Gasteiger partial charge is 0.494 e. The molecule has 0 radical (unpaired) electrons. The Morgan fingerprint density at radius 3 is 2.43 bits per heavy atom. The average Bonchev–Trinajstić information content (AvgIpc) is 2.42. The van der Waals surface area contributed by atoms with Crippen molar-refractivity contribution >= 4 is 11.9 Å². The number of nitrogens with one attached hydrogen (secondary N) is 1. The number of rotatable bonds is 8. The topological polar surface area (TPSA) is 95.9 Å². The number of carboxylic acid groups (broad SMARTS) is 1. The van der Waals surface area contributed by atoms with Crippen LogP contribution in [0.15, 0.2) is 24.3 Å². The molecule has 6 heteroatoms. The van der Waals surface area contributed by atoms with Crippen LogP contribution in [-0.4, -0.2) is 40.8 Å². The lowest BCUT2D eigenvalue weighted by Crippen LogP contribution is -2.47. The molecule has 0 saturated heterocycles. The second kappa shape index (κ2) is 8.26. The number of hydrogen-bond donors (Lipinski definition) is 3. The lowest BCUT2D eigenvalue weighted by Gasteiger charge is -2.16. The van der Waals surface area contributed by atoms with Gasteiger partial charge in [-0.25, -0.2) is 4.79 Å². The molecule has 0 aromatic heterocycles. The van der Waals surface area contributed by atoms with Gasteiger partial charge in [-0.1, -0.05) is 17.7 Å². The van der Waals surface area contributed by atoms with Gasteiger partial charge in [0.25, 0.3) is 0 Å². The van der Waals surface area contributed by atoms with Crippen molar-refractivity contribution in [3.63, 3.8) is 0 Å². The fourth-order valence-electron chi connectivity index (χ4n) is 1.69. The lowest BCUT2D eigenvalue weighted by atomic mass is 10.1. The zero-order chi connectivity index (χ0) is 15.8. The van der Waals surface area contributed by atoms with E-state index in [1.54, 1.807) is 0 Å². The van der Waals surface area contributed by atoms with Gasteiger partial charge in [-0.2, -0.15) is 0 Å². The van der Waals surface area contributed by atoms with Crippen molar-refractivity contribution in [3.8, 4) is 5.75 Å². The number of aliphatic carboxylic acids is 1. The molecule has 0 aliphatic rings. The quantitative estimate of drug-likeness (QED) is 0.624. The highest BCUT2D eigenvalue weighted by molar-refractivity contribution is 5.83. The van der Waals surface area contributed by atoms with Gasteiger partial charge >= 0.3 is 5.97 Å². The molecule has 0 fully saturated rings. The normalized spacial score (nSPS) is 13.3. The van der Waals surface area contributed by atoms with Crippen LogP contribution in [-0.2, 0) is 9.59 Å². The Kier molecular flexibility index (Phi) is 6.68. The summed E-state index contributed by atoms with van der Waals surface area (Å²) < 4.78 is 5.47. The van der Waals surface area contributed by atoms with Gasteiger partial charge in [0.05, 0.1) is 12.7 Å². The number of ether oxygens (including phenoxy) is 1. The highest BCUT2D eigenvalue weighted by Gasteiger charge is 2.24. The minimum absolute atomic E-state index is 0.141. The number of aliphatic hydroxyl groups is 1. The van der Waals surface area contributed by atoms with Crippen LogP contribution in [0.1, 0.15) is 25.3 Å². The van der Waals surface area contributed by atoms with Crippen molar-refractivity contribution in [3.05, 3.63) is 29.8 Å². The van der Waals surface area contributed by atoms with E-state index in [0.29, 0.717) is 13.0 Å². The number of benzene rings is 1. The summed E-state index contributed by atoms with van der Waals surface area (Å²) in [5.74, 6) is -0.946. The highest BCUT2D eigenvalue weighted by atomic mass is 16.5. The fourth-order valence-corrected chi connectivity index (χ4v) is 1.69. The van der Waals surface area contributed by atoms with Crippen molar-refractivity contribution in [2.24, 2.45) is 0 Å². The molecular formula is C15H21NO5. The zero-order valence-corrected chi connectivity index (χ0v) is 12.2. The van der Waals surface area contributed by atoms with Gasteiger partial charge in [0, 0.05) is 6.42 Å². The van der Waals surface area contributed by atoms with E-state index in [1.165, 1.54) is 6.92 Å². The Bertz CT molecular complexity index is 469. The predicted molar refractivity (Wildman–Crippen MR) is 77.2 cm³/mol. The van der Waals surface area contributed by atoms with E-state index >= 15 is 0 Å². The van der Waals surface area contributed by atoms with Crippen LogP contribution in [0, 0.1) is 6.92 Å². The van der Waals surface area contributed by atoms with Crippen LogP contribution in [0.2, 0.25) is 0 Å². The van der Waals surface area contributed by atoms with E-state index < -0.39 is 24.0 Å². The van der Waals surface area contributed by atoms with E-state index in [9.17, 15) is 14.7 Å². The van der Waals surface area contributed by atoms with Gasteiger partial charge in [-0.15, -0.1) is 0 Å². The average molecular weight is 295 g/mol. The van der Waals surface area contributed by atoms with Crippen molar-refractivity contribution in [2.75, 3.05) is 6.61 Å². The van der Waals surface area contributed by atoms with E-state index in [0.717, 1.165) is 11.3 Å². The Balaban J connectivity index is 2.27. The van der Waals surface area contributed by atoms with Gasteiger partial charge in [0.1, 0.15) is 5.75 Å². The van der Waals surface area contributed by atoms with E-state index in [4.69, 9.17) is 9.84 Å². The summed E-state index contributed by atoms with van der Waals surface area (Å²) in [4.78, 5) is 22.4. The molecule has 1 amide bonds. The van der Waals surface area contributed by atoms with Crippen LogP contribution in [0.25, 0.3) is 0 Å². The SMILES string of the molecule is Cc1ccc(OCCCC(=O)N[C@H](C(=O)O)[C@@H](C)O)cc1. The number of carbonyl (C=O) groups is 2. The number of carbonyl (C=O) groups excluding carboxylic acids is 1. The van der Waals surface area contributed by atoms with Gasteiger partial charge < -0.3 is 20.3 Å². The molecule has 6 nitrogen and oxygen atoms in total. The third kappa shape index (κ3) is 6.27. The van der Waals surface area contributed by atoms with Crippen LogP contribution < -0.4 is 10.1 Å². The maximum absolute atomic E-state index is 11.6. The maximum atomic E-state index is 11.6. The number of aryl methyl sites for hydroxylation is 1. The molecule has 0 unspecified atom stereocenters. The molecule has 0 bridgehead atoms. The first-order valence-electron chi connectivity index (χ1n) is 6.80. The molecule has 0 aliphatic heterocycles. The molecule has 116 valence electrons. The Hall–Kier alpha value is -2.08. The molecule has 0 spiro atoms. The standard InChI is InChI=1S/C15H21NO5/c1-10-5-7-12(8-6-10)21-9-3-4-13(18)16-14(11(2)17)15(19)20/h5-8,11,14,17H,3-4,9H2,1-2H3,(H,16,18)(H,19,20)/t11-,14+/m1/s1. The summed E-state index contributed by atoms with van der Waals surface area (Å²) in [5, 5.41) is 20.4. The van der Waals surface area contributed by atoms with Crippen LogP contribution in [0.3, 0.4) is 0 Å². The third-order valence-corrected chi connectivity index (χ3v) is 2.90. The predicted octanol–water partition coefficient (Wildman–Crippen LogP) is 1.10. The minimum atomic E-state index is -1.28. The smallest absolute Gasteiger partial charge is 0.328 e. The van der Waals surface area contributed by atoms with Crippen LogP contribution >= 0.6 is 0 Å². The monoisotopic (exact) mass is 295 g/mol. The summed E-state index contributed by atoms with van der Waals surface area (Å²) >= 11 is 0. The number of hydrogen-bond acceptors (Lipinski definition) is 4. The minimum Gasteiger partial charge on any atom is -0.494 e. The Morgan fingerprint density at radius 1 is 1.29 bits per heavy atom. The van der Waals surface area contributed by atoms with E-state index in [1.807, 2.05) is 31.2 Å². The highest BCUT2D eigenvalue weighted by Crippen LogP contribution is 2.11. The van der Waals surface area contributed by atoms with Gasteiger partial charge in [0.2, 0.25) is 5.91 Å². The number of aliphatic hydroxyl groups excluding tert-OH is 1. The second-order valence-electron chi connectivity index (χ2n) is 4.89. The summed E-state index contributed by atoms with van der Waals surface area (Å²) in [6, 6.07) is 6.28. The second-order valence-corrected chi connectivity index (χ2v) is 4.89. The third-order valence-electron chi connectivity index (χ3n) is 2.90. The van der Waals surface area contributed by atoms with Crippen LogP contribution in [0.5, 0.6) is 5.75 Å². The lowest BCUT2D eigenvalue weighted by molar-refractivity contribution is -0.144. The molecule has 1 aromatic rings. The molecular weight excluding hydrogens is 274 g/mol. The van der Waals surface area contributed by atoms with E-state index in [2.05, 4.69) is 5.32 Å². The van der Waals surface area contributed by atoms with Gasteiger partial charge in [-0.3, -0.25) is 4.79 Å². The zero-order valence-electron chi connectivity index (χ0n) is 12.2. The summed E-state index contributed by atoms with van der Waals surface area (Å²) in [6.07, 6.45) is -0.538. The van der Waals surface area contributed by atoms with Crippen molar-refractivity contribution in [1.29, 1.82) is 0 Å². The number of carboxylic acids is 1. The molecule has 21 heavy (non-hydrogen) atoms. The van der Waals surface area contributed by atoms with E-state index in [-0.39, 0.29) is 6.42 Å². The molecule has 2 atom stereocenters. The molecule has 0 saturated carbocycles. The van der Waals surface area contributed by atoms with Crippen molar-refractivity contribution in [2.45, 2.75) is 38.8 Å². The Morgan fingerprint density at radius 2 is 1.90 bits per heavy atom.